The number of carbonyl (C=O) groups excluding carboxylic acids is 2. The summed E-state index contributed by atoms with van der Waals surface area (Å²) < 4.78 is 5.00. The molecule has 0 unspecified atom stereocenters. The predicted octanol–water partition coefficient (Wildman–Crippen LogP) is 2.26. The summed E-state index contributed by atoms with van der Waals surface area (Å²) in [4.78, 5) is 24.5. The van der Waals surface area contributed by atoms with Crippen LogP contribution < -0.4 is 5.73 Å². The monoisotopic (exact) mass is 263 g/mol. The van der Waals surface area contributed by atoms with E-state index in [0.717, 1.165) is 0 Å². The zero-order valence-electron chi connectivity index (χ0n) is 12.2. The number of nitrogens with two attached hydrogens (primary N) is 1. The highest BCUT2D eigenvalue weighted by Crippen LogP contribution is 2.38. The topological polar surface area (TPSA) is 69.4 Å². The average Bonchev–Trinajstić information content (AvgIpc) is 2.34. The number of ether oxygens (including phenoxy) is 1. The van der Waals surface area contributed by atoms with Gasteiger partial charge in [-0.1, -0.05) is 26.0 Å². The number of methoxy groups -OCH3 is 1. The molecule has 0 aromatic heterocycles. The Kier molecular flexibility index (Phi) is 4.35. The van der Waals surface area contributed by atoms with E-state index in [9.17, 15) is 9.59 Å². The Balaban J connectivity index is 3.34. The molecule has 1 aliphatic carbocycles. The van der Waals surface area contributed by atoms with Crippen molar-refractivity contribution in [2.45, 2.75) is 34.1 Å². The molecule has 0 atom stereocenters. The van der Waals surface area contributed by atoms with Gasteiger partial charge < -0.3 is 10.5 Å². The lowest BCUT2D eigenvalue weighted by atomic mass is 9.73. The minimum absolute atomic E-state index is 0.0425. The normalized spacial score (nSPS) is 17.7. The smallest absolute Gasteiger partial charge is 0.226 e. The van der Waals surface area contributed by atoms with Gasteiger partial charge in [0.1, 0.15) is 5.70 Å². The van der Waals surface area contributed by atoms with Crippen LogP contribution in [0.2, 0.25) is 0 Å². The number of hydrogen-bond acceptors (Lipinski definition) is 4. The first kappa shape index (κ1) is 15.2. The fourth-order valence-electron chi connectivity index (χ4n) is 2.36. The highest BCUT2D eigenvalue weighted by atomic mass is 16.5. The summed E-state index contributed by atoms with van der Waals surface area (Å²) in [6.45, 7) is 7.44. The fraction of sp³-hybridized carbons (Fsp3) is 0.467. The zero-order valence-corrected chi connectivity index (χ0v) is 12.2. The van der Waals surface area contributed by atoms with Gasteiger partial charge in [-0.15, -0.1) is 0 Å². The fourth-order valence-corrected chi connectivity index (χ4v) is 2.36. The number of allylic oxidation sites excluding steroid dienone is 4. The number of ketones is 2. The first-order valence-electron chi connectivity index (χ1n) is 6.23. The van der Waals surface area contributed by atoms with Crippen LogP contribution in [-0.2, 0) is 14.3 Å². The van der Waals surface area contributed by atoms with Gasteiger partial charge in [0, 0.05) is 11.1 Å². The molecular formula is C15H21NO3. The van der Waals surface area contributed by atoms with Crippen LogP contribution in [0.5, 0.6) is 0 Å². The Bertz CT molecular complexity index is 507. The van der Waals surface area contributed by atoms with Crippen LogP contribution in [0.4, 0.5) is 0 Å². The van der Waals surface area contributed by atoms with Crippen LogP contribution in [0, 0.1) is 5.41 Å². The third-order valence-corrected chi connectivity index (χ3v) is 3.38. The van der Waals surface area contributed by atoms with Crippen molar-refractivity contribution in [1.29, 1.82) is 0 Å². The van der Waals surface area contributed by atoms with E-state index in [2.05, 4.69) is 0 Å². The van der Waals surface area contributed by atoms with Gasteiger partial charge in [0.25, 0.3) is 0 Å². The first-order chi connectivity index (χ1) is 8.77. The molecule has 0 saturated heterocycles. The van der Waals surface area contributed by atoms with Crippen molar-refractivity contribution in [1.82, 2.24) is 0 Å². The average molecular weight is 263 g/mol. The Morgan fingerprint density at radius 2 is 1.84 bits per heavy atom. The lowest BCUT2D eigenvalue weighted by Gasteiger charge is -2.30. The summed E-state index contributed by atoms with van der Waals surface area (Å²) in [5.74, 6) is -0.647. The van der Waals surface area contributed by atoms with Crippen LogP contribution in [0.25, 0.3) is 0 Å². The first-order valence-corrected chi connectivity index (χ1v) is 6.23. The molecule has 0 spiro atoms. The second kappa shape index (κ2) is 5.43. The van der Waals surface area contributed by atoms with E-state index in [4.69, 9.17) is 10.5 Å². The number of Topliss-reactive ketones (excluding diaryl/α,β-unsaturated/α-hetero) is 2. The molecule has 0 heterocycles. The van der Waals surface area contributed by atoms with E-state index in [1.165, 1.54) is 7.11 Å². The molecule has 0 aliphatic heterocycles. The highest BCUT2D eigenvalue weighted by molar-refractivity contribution is 6.24. The summed E-state index contributed by atoms with van der Waals surface area (Å²) in [6.07, 6.45) is 4.58. The Hall–Kier alpha value is -1.84. The molecule has 0 radical (unpaired) electrons. The van der Waals surface area contributed by atoms with Crippen molar-refractivity contribution in [3.05, 3.63) is 34.8 Å². The summed E-state index contributed by atoms with van der Waals surface area (Å²) in [5.41, 5.74) is 6.02. The van der Waals surface area contributed by atoms with E-state index < -0.39 is 5.41 Å². The largest absolute Gasteiger partial charge is 0.491 e. The van der Waals surface area contributed by atoms with Crippen molar-refractivity contribution in [3.8, 4) is 0 Å². The van der Waals surface area contributed by atoms with Crippen molar-refractivity contribution in [2.24, 2.45) is 11.1 Å². The molecule has 0 aromatic rings. The molecule has 1 rings (SSSR count). The SMILES string of the molecule is C/C=C\CC(C)(C)C1=C(C)C(=O)C(N)=C(OC)C1=O. The van der Waals surface area contributed by atoms with Gasteiger partial charge >= 0.3 is 0 Å². The molecule has 0 aromatic carbocycles. The number of carbonyl (C=O) groups is 2. The maximum Gasteiger partial charge on any atom is 0.226 e. The van der Waals surface area contributed by atoms with Crippen LogP contribution in [0.1, 0.15) is 34.1 Å². The predicted molar refractivity (Wildman–Crippen MR) is 74.1 cm³/mol. The van der Waals surface area contributed by atoms with Crippen LogP contribution >= 0.6 is 0 Å². The standard InChI is InChI=1S/C15H21NO3/c1-6-7-8-15(3,4)10-9(2)12(17)11(16)14(19-5)13(10)18/h6-7H,8,16H2,1-5H3/b7-6-. The Morgan fingerprint density at radius 3 is 2.32 bits per heavy atom. The lowest BCUT2D eigenvalue weighted by Crippen LogP contribution is -2.33. The molecule has 0 amide bonds. The van der Waals surface area contributed by atoms with E-state index in [1.54, 1.807) is 6.92 Å². The maximum atomic E-state index is 12.4. The van der Waals surface area contributed by atoms with Crippen molar-refractivity contribution in [3.63, 3.8) is 0 Å². The second-order valence-corrected chi connectivity index (χ2v) is 5.26. The van der Waals surface area contributed by atoms with E-state index in [0.29, 0.717) is 17.6 Å². The van der Waals surface area contributed by atoms with E-state index in [-0.39, 0.29) is 23.0 Å². The minimum atomic E-state index is -0.437. The third-order valence-electron chi connectivity index (χ3n) is 3.38. The molecule has 104 valence electrons. The Morgan fingerprint density at radius 1 is 1.26 bits per heavy atom. The molecule has 4 heteroatoms. The van der Waals surface area contributed by atoms with Crippen molar-refractivity contribution >= 4 is 11.6 Å². The van der Waals surface area contributed by atoms with Gasteiger partial charge in [0.2, 0.25) is 11.6 Å². The summed E-state index contributed by atoms with van der Waals surface area (Å²) in [7, 11) is 1.35. The molecule has 0 bridgehead atoms. The second-order valence-electron chi connectivity index (χ2n) is 5.26. The molecule has 0 saturated carbocycles. The molecule has 4 nitrogen and oxygen atoms in total. The van der Waals surface area contributed by atoms with Gasteiger partial charge in [0.15, 0.2) is 5.76 Å². The molecular weight excluding hydrogens is 242 g/mol. The summed E-state index contributed by atoms with van der Waals surface area (Å²) in [5, 5.41) is 0. The van der Waals surface area contributed by atoms with E-state index >= 15 is 0 Å². The number of hydrogen-bond donors (Lipinski definition) is 1. The third kappa shape index (κ3) is 2.62. The number of rotatable bonds is 4. The maximum absolute atomic E-state index is 12.4. The highest BCUT2D eigenvalue weighted by Gasteiger charge is 2.39. The molecule has 2 N–H and O–H groups in total. The quantitative estimate of drug-likeness (QED) is 0.624. The molecule has 1 aliphatic rings. The van der Waals surface area contributed by atoms with Crippen LogP contribution in [0.15, 0.2) is 34.8 Å². The van der Waals surface area contributed by atoms with Crippen LogP contribution in [-0.4, -0.2) is 18.7 Å². The lowest BCUT2D eigenvalue weighted by molar-refractivity contribution is -0.119. The minimum Gasteiger partial charge on any atom is -0.491 e. The van der Waals surface area contributed by atoms with Crippen molar-refractivity contribution < 1.29 is 14.3 Å². The summed E-state index contributed by atoms with van der Waals surface area (Å²) in [6, 6.07) is 0. The van der Waals surface area contributed by atoms with Gasteiger partial charge in [0.05, 0.1) is 7.11 Å². The summed E-state index contributed by atoms with van der Waals surface area (Å²) >= 11 is 0. The van der Waals surface area contributed by atoms with Crippen molar-refractivity contribution in [2.75, 3.05) is 7.11 Å². The van der Waals surface area contributed by atoms with Gasteiger partial charge in [-0.3, -0.25) is 9.59 Å². The molecule has 0 fully saturated rings. The van der Waals surface area contributed by atoms with E-state index in [1.807, 2.05) is 32.9 Å². The Labute approximate surface area is 114 Å². The molecule has 19 heavy (non-hydrogen) atoms. The van der Waals surface area contributed by atoms with Crippen LogP contribution in [0.3, 0.4) is 0 Å². The van der Waals surface area contributed by atoms with Gasteiger partial charge in [-0.25, -0.2) is 0 Å². The zero-order chi connectivity index (χ0) is 14.8. The van der Waals surface area contributed by atoms with Gasteiger partial charge in [-0.2, -0.15) is 0 Å². The van der Waals surface area contributed by atoms with Gasteiger partial charge in [-0.05, 0) is 25.7 Å².